The van der Waals surface area contributed by atoms with E-state index in [9.17, 15) is 5.26 Å². The summed E-state index contributed by atoms with van der Waals surface area (Å²) in [6.07, 6.45) is 0. The van der Waals surface area contributed by atoms with Crippen molar-refractivity contribution in [2.45, 2.75) is 6.61 Å². The van der Waals surface area contributed by atoms with Crippen molar-refractivity contribution in [3.63, 3.8) is 0 Å². The minimum atomic E-state index is 0.254. The van der Waals surface area contributed by atoms with Crippen LogP contribution in [0.15, 0.2) is 30.3 Å². The standard InChI is InChI=1S/C13H10N6OS/c1-20-8-11-16-17-13(21-11)19-12(10(7-14)15-18-19)9-5-3-2-4-6-9/h2-6H,8H2,1H3. The third-order valence-corrected chi connectivity index (χ3v) is 3.60. The molecular weight excluding hydrogens is 288 g/mol. The largest absolute Gasteiger partial charge is 0.377 e. The highest BCUT2D eigenvalue weighted by Crippen LogP contribution is 2.26. The van der Waals surface area contributed by atoms with Crippen LogP contribution >= 0.6 is 11.3 Å². The van der Waals surface area contributed by atoms with Crippen molar-refractivity contribution in [3.8, 4) is 22.5 Å². The van der Waals surface area contributed by atoms with Crippen molar-refractivity contribution < 1.29 is 4.74 Å². The van der Waals surface area contributed by atoms with Crippen molar-refractivity contribution in [1.29, 1.82) is 5.26 Å². The number of aromatic nitrogens is 5. The predicted octanol–water partition coefficient (Wildman–Crippen LogP) is 1.80. The minimum Gasteiger partial charge on any atom is -0.377 e. The summed E-state index contributed by atoms with van der Waals surface area (Å²) in [7, 11) is 1.60. The van der Waals surface area contributed by atoms with Gasteiger partial charge < -0.3 is 4.74 Å². The van der Waals surface area contributed by atoms with Gasteiger partial charge in [0.25, 0.3) is 0 Å². The molecule has 0 aliphatic heterocycles. The van der Waals surface area contributed by atoms with E-state index in [0.717, 1.165) is 10.6 Å². The summed E-state index contributed by atoms with van der Waals surface area (Å²) in [5, 5.41) is 26.5. The predicted molar refractivity (Wildman–Crippen MR) is 75.7 cm³/mol. The number of methoxy groups -OCH3 is 1. The average Bonchev–Trinajstić information content (AvgIpc) is 3.14. The van der Waals surface area contributed by atoms with E-state index in [-0.39, 0.29) is 5.69 Å². The van der Waals surface area contributed by atoms with E-state index in [0.29, 0.717) is 17.4 Å². The summed E-state index contributed by atoms with van der Waals surface area (Å²) in [5.41, 5.74) is 1.71. The molecule has 21 heavy (non-hydrogen) atoms. The summed E-state index contributed by atoms with van der Waals surface area (Å²) < 4.78 is 6.56. The Hall–Kier alpha value is -2.63. The molecule has 0 saturated carbocycles. The Morgan fingerprint density at radius 2 is 2.05 bits per heavy atom. The summed E-state index contributed by atoms with van der Waals surface area (Å²) in [5.74, 6) is 0. The van der Waals surface area contributed by atoms with Crippen LogP contribution in [0.25, 0.3) is 16.4 Å². The normalized spacial score (nSPS) is 10.5. The first-order chi connectivity index (χ1) is 10.3. The SMILES string of the molecule is COCc1nnc(-n2nnc(C#N)c2-c2ccccc2)s1. The van der Waals surface area contributed by atoms with Crippen LogP contribution < -0.4 is 0 Å². The number of nitrogens with zero attached hydrogens (tertiary/aromatic N) is 6. The molecule has 0 aliphatic carbocycles. The molecule has 0 spiro atoms. The molecule has 0 aliphatic rings. The molecule has 0 unspecified atom stereocenters. The fraction of sp³-hybridized carbons (Fsp3) is 0.154. The molecular formula is C13H10N6OS. The van der Waals surface area contributed by atoms with Crippen molar-refractivity contribution in [2.75, 3.05) is 7.11 Å². The summed E-state index contributed by atoms with van der Waals surface area (Å²) >= 11 is 1.35. The molecule has 2 heterocycles. The second kappa shape index (κ2) is 5.78. The topological polar surface area (TPSA) is 89.5 Å². The highest BCUT2D eigenvalue weighted by Gasteiger charge is 2.18. The number of ether oxygens (including phenoxy) is 1. The third kappa shape index (κ3) is 2.52. The van der Waals surface area contributed by atoms with E-state index in [1.54, 1.807) is 7.11 Å². The molecule has 1 aromatic carbocycles. The molecule has 3 rings (SSSR count). The summed E-state index contributed by atoms with van der Waals surface area (Å²) in [6, 6.07) is 11.5. The van der Waals surface area contributed by atoms with Gasteiger partial charge in [0, 0.05) is 12.7 Å². The number of nitriles is 1. The third-order valence-electron chi connectivity index (χ3n) is 2.73. The minimum absolute atomic E-state index is 0.254. The fourth-order valence-electron chi connectivity index (χ4n) is 1.86. The van der Waals surface area contributed by atoms with Gasteiger partial charge in [0.1, 0.15) is 23.4 Å². The van der Waals surface area contributed by atoms with E-state index < -0.39 is 0 Å². The number of hydrogen-bond donors (Lipinski definition) is 0. The van der Waals surface area contributed by atoms with Crippen molar-refractivity contribution >= 4 is 11.3 Å². The fourth-order valence-corrected chi connectivity index (χ4v) is 2.62. The molecule has 7 nitrogen and oxygen atoms in total. The Morgan fingerprint density at radius 1 is 1.24 bits per heavy atom. The molecule has 0 N–H and O–H groups in total. The van der Waals surface area contributed by atoms with Gasteiger partial charge >= 0.3 is 0 Å². The van der Waals surface area contributed by atoms with Gasteiger partial charge in [0.2, 0.25) is 5.13 Å². The first kappa shape index (κ1) is 13.4. The Labute approximate surface area is 124 Å². The van der Waals surface area contributed by atoms with Gasteiger partial charge in [-0.2, -0.15) is 9.94 Å². The van der Waals surface area contributed by atoms with E-state index in [2.05, 4.69) is 26.6 Å². The molecule has 0 amide bonds. The monoisotopic (exact) mass is 298 g/mol. The van der Waals surface area contributed by atoms with Gasteiger partial charge in [-0.05, 0) is 0 Å². The van der Waals surface area contributed by atoms with Crippen molar-refractivity contribution in [2.24, 2.45) is 0 Å². The van der Waals surface area contributed by atoms with Crippen LogP contribution in [0.4, 0.5) is 0 Å². The molecule has 0 saturated heterocycles. The molecule has 2 aromatic heterocycles. The highest BCUT2D eigenvalue weighted by molar-refractivity contribution is 7.13. The number of rotatable bonds is 4. The number of hydrogen-bond acceptors (Lipinski definition) is 7. The first-order valence-electron chi connectivity index (χ1n) is 6.06. The zero-order valence-corrected chi connectivity index (χ0v) is 11.9. The molecule has 8 heteroatoms. The van der Waals surface area contributed by atoms with Gasteiger partial charge in [-0.1, -0.05) is 46.9 Å². The first-order valence-corrected chi connectivity index (χ1v) is 6.88. The Bertz CT molecular complexity index is 789. The zero-order valence-electron chi connectivity index (χ0n) is 11.1. The molecule has 3 aromatic rings. The van der Waals surface area contributed by atoms with Gasteiger partial charge in [0.15, 0.2) is 5.69 Å². The van der Waals surface area contributed by atoms with Crippen LogP contribution in [0.2, 0.25) is 0 Å². The Balaban J connectivity index is 2.11. The van der Waals surface area contributed by atoms with E-state index in [1.165, 1.54) is 16.0 Å². The smallest absolute Gasteiger partial charge is 0.234 e. The van der Waals surface area contributed by atoms with E-state index >= 15 is 0 Å². The van der Waals surface area contributed by atoms with Crippen LogP contribution in [0.5, 0.6) is 0 Å². The van der Waals surface area contributed by atoms with E-state index in [1.807, 2.05) is 30.3 Å². The molecule has 0 fully saturated rings. The van der Waals surface area contributed by atoms with E-state index in [4.69, 9.17) is 4.74 Å². The lowest BCUT2D eigenvalue weighted by Crippen LogP contribution is -1.99. The Kier molecular flexibility index (Phi) is 3.68. The quantitative estimate of drug-likeness (QED) is 0.729. The van der Waals surface area contributed by atoms with Gasteiger partial charge in [-0.25, -0.2) is 0 Å². The molecule has 0 atom stereocenters. The van der Waals surface area contributed by atoms with Gasteiger partial charge in [0.05, 0.1) is 0 Å². The lowest BCUT2D eigenvalue weighted by atomic mass is 10.1. The number of benzene rings is 1. The van der Waals surface area contributed by atoms with Crippen LogP contribution in [0.1, 0.15) is 10.7 Å². The van der Waals surface area contributed by atoms with Crippen LogP contribution in [-0.2, 0) is 11.3 Å². The Morgan fingerprint density at radius 3 is 2.76 bits per heavy atom. The van der Waals surface area contributed by atoms with Crippen LogP contribution in [0, 0.1) is 11.3 Å². The van der Waals surface area contributed by atoms with Crippen molar-refractivity contribution in [3.05, 3.63) is 41.0 Å². The second-order valence-electron chi connectivity index (χ2n) is 4.09. The van der Waals surface area contributed by atoms with Crippen molar-refractivity contribution in [1.82, 2.24) is 25.2 Å². The lowest BCUT2D eigenvalue weighted by molar-refractivity contribution is 0.184. The molecule has 0 bridgehead atoms. The summed E-state index contributed by atoms with van der Waals surface area (Å²) in [4.78, 5) is 0. The highest BCUT2D eigenvalue weighted by atomic mass is 32.1. The molecule has 104 valence electrons. The maximum atomic E-state index is 9.21. The lowest BCUT2D eigenvalue weighted by Gasteiger charge is -2.02. The second-order valence-corrected chi connectivity index (χ2v) is 5.13. The van der Waals surface area contributed by atoms with Crippen LogP contribution in [0.3, 0.4) is 0 Å². The summed E-state index contributed by atoms with van der Waals surface area (Å²) in [6.45, 7) is 0.387. The van der Waals surface area contributed by atoms with Gasteiger partial charge in [-0.15, -0.1) is 15.3 Å². The average molecular weight is 298 g/mol. The van der Waals surface area contributed by atoms with Crippen LogP contribution in [-0.4, -0.2) is 32.3 Å². The zero-order chi connectivity index (χ0) is 14.7. The van der Waals surface area contributed by atoms with Gasteiger partial charge in [-0.3, -0.25) is 0 Å². The molecule has 0 radical (unpaired) electrons. The maximum absolute atomic E-state index is 9.21. The maximum Gasteiger partial charge on any atom is 0.234 e.